The Labute approximate surface area is 129 Å². The molecule has 0 aliphatic rings. The molecule has 1 N–H and O–H groups in total. The molecule has 2 amide bonds. The van der Waals surface area contributed by atoms with Crippen molar-refractivity contribution in [1.82, 2.24) is 4.90 Å². The summed E-state index contributed by atoms with van der Waals surface area (Å²) in [5.74, 6) is 0. The van der Waals surface area contributed by atoms with Crippen LogP contribution < -0.4 is 5.32 Å². The molecule has 0 radical (unpaired) electrons. The van der Waals surface area contributed by atoms with Crippen molar-refractivity contribution in [3.05, 3.63) is 77.8 Å². The molecule has 2 aromatic rings. The molecule has 2 rings (SSSR count). The fourth-order valence-corrected chi connectivity index (χ4v) is 2.17. The lowest BCUT2D eigenvalue weighted by molar-refractivity contribution is 0.215. The average molecular weight is 301 g/mol. The zero-order valence-corrected chi connectivity index (χ0v) is 12.4. The van der Waals surface area contributed by atoms with E-state index in [1.165, 1.54) is 0 Å². The van der Waals surface area contributed by atoms with Crippen LogP contribution in [-0.2, 0) is 6.54 Å². The average Bonchev–Trinajstić information content (AvgIpc) is 2.48. The van der Waals surface area contributed by atoms with Crippen molar-refractivity contribution in [2.75, 3.05) is 11.9 Å². The number of urea groups is 1. The second-order valence-corrected chi connectivity index (χ2v) is 5.03. The standard InChI is InChI=1S/C17H17ClN2O/c1-2-11-20(13-14-7-6-8-15(18)12-14)17(21)19-16-9-4-3-5-10-16/h2-10,12H,1,11,13H2,(H,19,21). The van der Waals surface area contributed by atoms with Gasteiger partial charge in [-0.1, -0.05) is 48.0 Å². The summed E-state index contributed by atoms with van der Waals surface area (Å²) in [7, 11) is 0. The minimum absolute atomic E-state index is 0.166. The van der Waals surface area contributed by atoms with Crippen molar-refractivity contribution in [3.63, 3.8) is 0 Å². The van der Waals surface area contributed by atoms with Gasteiger partial charge in [0.2, 0.25) is 0 Å². The zero-order valence-electron chi connectivity index (χ0n) is 11.6. The maximum absolute atomic E-state index is 12.3. The number of halogens is 1. The van der Waals surface area contributed by atoms with Gasteiger partial charge < -0.3 is 10.2 Å². The number of hydrogen-bond donors (Lipinski definition) is 1. The molecule has 0 heterocycles. The van der Waals surface area contributed by atoms with Gasteiger partial charge in [-0.2, -0.15) is 0 Å². The maximum atomic E-state index is 12.3. The lowest BCUT2D eigenvalue weighted by Gasteiger charge is -2.22. The molecule has 4 heteroatoms. The highest BCUT2D eigenvalue weighted by Gasteiger charge is 2.12. The van der Waals surface area contributed by atoms with Crippen molar-refractivity contribution in [1.29, 1.82) is 0 Å². The lowest BCUT2D eigenvalue weighted by Crippen LogP contribution is -2.34. The molecule has 0 fully saturated rings. The highest BCUT2D eigenvalue weighted by Crippen LogP contribution is 2.14. The van der Waals surface area contributed by atoms with Crippen LogP contribution >= 0.6 is 11.6 Å². The monoisotopic (exact) mass is 300 g/mol. The summed E-state index contributed by atoms with van der Waals surface area (Å²) < 4.78 is 0. The topological polar surface area (TPSA) is 32.3 Å². The van der Waals surface area contributed by atoms with Gasteiger partial charge in [-0.15, -0.1) is 6.58 Å². The van der Waals surface area contributed by atoms with E-state index >= 15 is 0 Å². The van der Waals surface area contributed by atoms with E-state index < -0.39 is 0 Å². The first-order valence-corrected chi connectivity index (χ1v) is 7.03. The van der Waals surface area contributed by atoms with Crippen LogP contribution in [0.15, 0.2) is 67.3 Å². The van der Waals surface area contributed by atoms with Crippen molar-refractivity contribution < 1.29 is 4.79 Å². The summed E-state index contributed by atoms with van der Waals surface area (Å²) in [6, 6.07) is 16.7. The molecule has 0 spiro atoms. The Bertz CT molecular complexity index is 613. The minimum Gasteiger partial charge on any atom is -0.316 e. The summed E-state index contributed by atoms with van der Waals surface area (Å²) >= 11 is 5.98. The fraction of sp³-hybridized carbons (Fsp3) is 0.118. The van der Waals surface area contributed by atoms with Crippen LogP contribution in [0, 0.1) is 0 Å². The molecule has 3 nitrogen and oxygen atoms in total. The molecule has 0 unspecified atom stereocenters. The molecule has 0 atom stereocenters. The Morgan fingerprint density at radius 1 is 1.19 bits per heavy atom. The predicted molar refractivity (Wildman–Crippen MR) is 87.5 cm³/mol. The van der Waals surface area contributed by atoms with E-state index in [4.69, 9.17) is 11.6 Å². The van der Waals surface area contributed by atoms with Crippen LogP contribution in [0.3, 0.4) is 0 Å². The molecule has 0 aliphatic heterocycles. The van der Waals surface area contributed by atoms with Gasteiger partial charge in [-0.25, -0.2) is 4.79 Å². The molecule has 0 saturated carbocycles. The molecular formula is C17H17ClN2O. The van der Waals surface area contributed by atoms with Gasteiger partial charge >= 0.3 is 6.03 Å². The van der Waals surface area contributed by atoms with E-state index in [-0.39, 0.29) is 6.03 Å². The van der Waals surface area contributed by atoms with Gasteiger partial charge in [0, 0.05) is 23.8 Å². The second-order valence-electron chi connectivity index (χ2n) is 4.60. The number of amides is 2. The van der Waals surface area contributed by atoms with Crippen LogP contribution in [0.2, 0.25) is 5.02 Å². The first-order valence-electron chi connectivity index (χ1n) is 6.65. The van der Waals surface area contributed by atoms with Crippen molar-refractivity contribution in [2.24, 2.45) is 0 Å². The van der Waals surface area contributed by atoms with Crippen molar-refractivity contribution in [2.45, 2.75) is 6.54 Å². The Morgan fingerprint density at radius 2 is 1.95 bits per heavy atom. The SMILES string of the molecule is C=CCN(Cc1cccc(Cl)c1)C(=O)Nc1ccccc1. The maximum Gasteiger partial charge on any atom is 0.322 e. The molecule has 0 aliphatic carbocycles. The number of para-hydroxylation sites is 1. The number of benzene rings is 2. The smallest absolute Gasteiger partial charge is 0.316 e. The first-order chi connectivity index (χ1) is 10.2. The number of rotatable bonds is 5. The third-order valence-electron chi connectivity index (χ3n) is 2.92. The summed E-state index contributed by atoms with van der Waals surface area (Å²) in [5, 5.41) is 3.53. The summed E-state index contributed by atoms with van der Waals surface area (Å²) in [6.45, 7) is 4.64. The Hall–Kier alpha value is -2.26. The number of hydrogen-bond acceptors (Lipinski definition) is 1. The number of anilines is 1. The normalized spacial score (nSPS) is 9.95. The van der Waals surface area contributed by atoms with Crippen molar-refractivity contribution >= 4 is 23.3 Å². The van der Waals surface area contributed by atoms with E-state index in [0.29, 0.717) is 18.1 Å². The highest BCUT2D eigenvalue weighted by molar-refractivity contribution is 6.30. The number of nitrogens with one attached hydrogen (secondary N) is 1. The largest absolute Gasteiger partial charge is 0.322 e. The molecule has 0 bridgehead atoms. The Balaban J connectivity index is 2.07. The van der Waals surface area contributed by atoms with E-state index in [0.717, 1.165) is 11.3 Å². The Morgan fingerprint density at radius 3 is 2.62 bits per heavy atom. The number of carbonyl (C=O) groups excluding carboxylic acids is 1. The van der Waals surface area contributed by atoms with E-state index in [1.807, 2.05) is 54.6 Å². The van der Waals surface area contributed by atoms with Crippen molar-refractivity contribution in [3.8, 4) is 0 Å². The molecule has 108 valence electrons. The zero-order chi connectivity index (χ0) is 15.1. The van der Waals surface area contributed by atoms with Gasteiger partial charge in [0.25, 0.3) is 0 Å². The van der Waals surface area contributed by atoms with Gasteiger partial charge in [0.05, 0.1) is 0 Å². The van der Waals surface area contributed by atoms with Crippen LogP contribution in [0.1, 0.15) is 5.56 Å². The van der Waals surface area contributed by atoms with Gasteiger partial charge in [-0.3, -0.25) is 0 Å². The second kappa shape index (κ2) is 7.50. The quantitative estimate of drug-likeness (QED) is 0.807. The third kappa shape index (κ3) is 4.65. The van der Waals surface area contributed by atoms with Crippen LogP contribution in [0.25, 0.3) is 0 Å². The predicted octanol–water partition coefficient (Wildman–Crippen LogP) is 4.56. The van der Waals surface area contributed by atoms with Gasteiger partial charge in [0.15, 0.2) is 0 Å². The highest BCUT2D eigenvalue weighted by atomic mass is 35.5. The Kier molecular flexibility index (Phi) is 5.41. The van der Waals surface area contributed by atoms with Gasteiger partial charge in [-0.05, 0) is 29.8 Å². The first kappa shape index (κ1) is 15.1. The third-order valence-corrected chi connectivity index (χ3v) is 3.16. The fourth-order valence-electron chi connectivity index (χ4n) is 1.95. The number of nitrogens with zero attached hydrogens (tertiary/aromatic N) is 1. The molecular weight excluding hydrogens is 284 g/mol. The van der Waals surface area contributed by atoms with E-state index in [1.54, 1.807) is 11.0 Å². The van der Waals surface area contributed by atoms with Crippen LogP contribution in [0.5, 0.6) is 0 Å². The molecule has 2 aromatic carbocycles. The summed E-state index contributed by atoms with van der Waals surface area (Å²) in [6.07, 6.45) is 1.70. The van der Waals surface area contributed by atoms with Crippen LogP contribution in [-0.4, -0.2) is 17.5 Å². The molecule has 0 aromatic heterocycles. The minimum atomic E-state index is -0.166. The van der Waals surface area contributed by atoms with E-state index in [2.05, 4.69) is 11.9 Å². The molecule has 0 saturated heterocycles. The summed E-state index contributed by atoms with van der Waals surface area (Å²) in [4.78, 5) is 14.0. The number of carbonyl (C=O) groups is 1. The van der Waals surface area contributed by atoms with E-state index in [9.17, 15) is 4.79 Å². The lowest BCUT2D eigenvalue weighted by atomic mass is 10.2. The van der Waals surface area contributed by atoms with Crippen LogP contribution in [0.4, 0.5) is 10.5 Å². The molecule has 21 heavy (non-hydrogen) atoms. The summed E-state index contributed by atoms with van der Waals surface area (Å²) in [5.41, 5.74) is 1.75. The van der Waals surface area contributed by atoms with Gasteiger partial charge in [0.1, 0.15) is 0 Å².